The summed E-state index contributed by atoms with van der Waals surface area (Å²) in [5.74, 6) is 2.71. The first-order valence-electron chi connectivity index (χ1n) is 12.6. The molecule has 0 saturated heterocycles. The topological polar surface area (TPSA) is 9.23 Å². The molecule has 1 aromatic rings. The summed E-state index contributed by atoms with van der Waals surface area (Å²) in [7, 11) is 0. The zero-order chi connectivity index (χ0) is 20.7. The lowest BCUT2D eigenvalue weighted by molar-refractivity contribution is 0.184. The smallest absolute Gasteiger partial charge is 0.134 e. The highest BCUT2D eigenvalue weighted by Crippen LogP contribution is 2.34. The average Bonchev–Trinajstić information content (AvgIpc) is 2.75. The largest absolute Gasteiger partial charge is 0.491 e. The van der Waals surface area contributed by atoms with Crippen molar-refractivity contribution in [2.24, 2.45) is 11.8 Å². The van der Waals surface area contributed by atoms with Gasteiger partial charge in [0.25, 0.3) is 0 Å². The Hall–Kier alpha value is -1.05. The third-order valence-electron chi connectivity index (χ3n) is 6.75. The van der Waals surface area contributed by atoms with Gasteiger partial charge >= 0.3 is 0 Å². The Labute approximate surface area is 179 Å². The molecule has 0 N–H and O–H groups in total. The lowest BCUT2D eigenvalue weighted by Crippen LogP contribution is -2.15. The third-order valence-corrected chi connectivity index (χ3v) is 6.75. The molecule has 1 saturated carbocycles. The second-order valence-corrected chi connectivity index (χ2v) is 9.32. The van der Waals surface area contributed by atoms with Gasteiger partial charge in [0.2, 0.25) is 0 Å². The van der Waals surface area contributed by atoms with Crippen LogP contribution in [0.2, 0.25) is 0 Å². The maximum atomic E-state index is 13.9. The van der Waals surface area contributed by atoms with E-state index in [4.69, 9.17) is 4.74 Å². The molecule has 1 atom stereocenters. The quantitative estimate of drug-likeness (QED) is 0.266. The number of benzene rings is 1. The van der Waals surface area contributed by atoms with Gasteiger partial charge in [0.1, 0.15) is 18.5 Å². The van der Waals surface area contributed by atoms with Crippen molar-refractivity contribution in [3.8, 4) is 5.75 Å². The number of rotatable bonds is 15. The average molecular weight is 405 g/mol. The van der Waals surface area contributed by atoms with Gasteiger partial charge in [-0.15, -0.1) is 0 Å². The molecule has 0 aliphatic heterocycles. The van der Waals surface area contributed by atoms with Crippen molar-refractivity contribution < 1.29 is 9.13 Å². The van der Waals surface area contributed by atoms with Gasteiger partial charge in [0, 0.05) is 0 Å². The number of hydrogen-bond acceptors (Lipinski definition) is 1. The van der Waals surface area contributed by atoms with Crippen LogP contribution < -0.4 is 4.74 Å². The van der Waals surface area contributed by atoms with Gasteiger partial charge < -0.3 is 4.74 Å². The zero-order valence-electron chi connectivity index (χ0n) is 19.1. The number of unbranched alkanes of at least 4 members (excludes halogenated alkanes) is 5. The molecule has 0 aromatic heterocycles. The van der Waals surface area contributed by atoms with Gasteiger partial charge in [-0.2, -0.15) is 0 Å². The Morgan fingerprint density at radius 1 is 0.828 bits per heavy atom. The van der Waals surface area contributed by atoms with Crippen molar-refractivity contribution >= 4 is 0 Å². The van der Waals surface area contributed by atoms with Crippen molar-refractivity contribution in [1.82, 2.24) is 0 Å². The van der Waals surface area contributed by atoms with Crippen LogP contribution in [0.1, 0.15) is 109 Å². The monoisotopic (exact) mass is 404 g/mol. The lowest BCUT2D eigenvalue weighted by atomic mass is 9.78. The van der Waals surface area contributed by atoms with Crippen molar-refractivity contribution in [2.45, 2.75) is 116 Å². The predicted octanol–water partition coefficient (Wildman–Crippen LogP) is 8.69. The lowest BCUT2D eigenvalue weighted by Gasteiger charge is -2.28. The first-order valence-corrected chi connectivity index (χ1v) is 12.6. The van der Waals surface area contributed by atoms with Crippen molar-refractivity contribution in [2.75, 3.05) is 6.61 Å². The molecule has 1 aliphatic carbocycles. The zero-order valence-corrected chi connectivity index (χ0v) is 19.1. The van der Waals surface area contributed by atoms with Gasteiger partial charge in [-0.1, -0.05) is 103 Å². The molecular weight excluding hydrogens is 359 g/mol. The van der Waals surface area contributed by atoms with Crippen LogP contribution in [0.5, 0.6) is 5.75 Å². The normalized spacial score (nSPS) is 20.5. The Kier molecular flexibility index (Phi) is 12.4. The van der Waals surface area contributed by atoms with Gasteiger partial charge in [-0.05, 0) is 48.8 Å². The third kappa shape index (κ3) is 10.5. The maximum absolute atomic E-state index is 13.9. The number of aryl methyl sites for hydroxylation is 1. The molecule has 166 valence electrons. The highest BCUT2D eigenvalue weighted by atomic mass is 19.1. The molecule has 0 unspecified atom stereocenters. The fourth-order valence-corrected chi connectivity index (χ4v) is 4.68. The van der Waals surface area contributed by atoms with Crippen LogP contribution in [0.25, 0.3) is 0 Å². The van der Waals surface area contributed by atoms with Gasteiger partial charge in [-0.25, -0.2) is 4.39 Å². The molecular formula is C27H45FO. The second-order valence-electron chi connectivity index (χ2n) is 9.32. The molecule has 1 nitrogen and oxygen atoms in total. The first kappa shape index (κ1) is 24.2. The number of alkyl halides is 1. The van der Waals surface area contributed by atoms with Crippen LogP contribution in [0, 0.1) is 11.8 Å². The van der Waals surface area contributed by atoms with Gasteiger partial charge in [-0.3, -0.25) is 0 Å². The van der Waals surface area contributed by atoms with E-state index in [2.05, 4.69) is 26.0 Å². The Morgan fingerprint density at radius 2 is 1.45 bits per heavy atom. The molecule has 0 bridgehead atoms. The summed E-state index contributed by atoms with van der Waals surface area (Å²) >= 11 is 0. The molecule has 0 radical (unpaired) electrons. The summed E-state index contributed by atoms with van der Waals surface area (Å²) in [6.07, 6.45) is 18.1. The first-order chi connectivity index (χ1) is 14.2. The van der Waals surface area contributed by atoms with E-state index in [1.807, 2.05) is 12.1 Å². The highest BCUT2D eigenvalue weighted by Gasteiger charge is 2.20. The van der Waals surface area contributed by atoms with Crippen LogP contribution in [0.4, 0.5) is 4.39 Å². The van der Waals surface area contributed by atoms with Crippen molar-refractivity contribution in [3.05, 3.63) is 29.8 Å². The fraction of sp³-hybridized carbons (Fsp3) is 0.778. The molecule has 1 aliphatic rings. The minimum atomic E-state index is -0.844. The summed E-state index contributed by atoms with van der Waals surface area (Å²) in [6, 6.07) is 8.37. The van der Waals surface area contributed by atoms with Crippen molar-refractivity contribution in [1.29, 1.82) is 0 Å². The highest BCUT2D eigenvalue weighted by molar-refractivity contribution is 5.27. The number of halogens is 1. The van der Waals surface area contributed by atoms with E-state index in [1.165, 1.54) is 76.2 Å². The number of hydrogen-bond donors (Lipinski definition) is 0. The van der Waals surface area contributed by atoms with Crippen LogP contribution in [-0.4, -0.2) is 12.8 Å². The van der Waals surface area contributed by atoms with E-state index in [1.54, 1.807) is 0 Å². The Bertz CT molecular complexity index is 504. The SMILES string of the molecule is CCCCCC[C@@H](F)COc1ccc(CCC2CCC(CCCCC)CC2)cc1. The Morgan fingerprint density at radius 3 is 2.10 bits per heavy atom. The van der Waals surface area contributed by atoms with E-state index >= 15 is 0 Å². The van der Waals surface area contributed by atoms with E-state index in [0.717, 1.165) is 36.8 Å². The summed E-state index contributed by atoms with van der Waals surface area (Å²) in [4.78, 5) is 0. The number of ether oxygens (including phenoxy) is 1. The molecule has 0 heterocycles. The molecule has 0 amide bonds. The van der Waals surface area contributed by atoms with Gasteiger partial charge in [0.15, 0.2) is 0 Å². The molecule has 0 spiro atoms. The summed E-state index contributed by atoms with van der Waals surface area (Å²) in [6.45, 7) is 4.66. The summed E-state index contributed by atoms with van der Waals surface area (Å²) in [5.41, 5.74) is 1.39. The molecule has 2 rings (SSSR count). The second kappa shape index (κ2) is 14.9. The predicted molar refractivity (Wildman–Crippen MR) is 124 cm³/mol. The molecule has 29 heavy (non-hydrogen) atoms. The van der Waals surface area contributed by atoms with E-state index in [9.17, 15) is 4.39 Å². The molecule has 1 aromatic carbocycles. The minimum Gasteiger partial charge on any atom is -0.491 e. The van der Waals surface area contributed by atoms with Crippen LogP contribution >= 0.6 is 0 Å². The van der Waals surface area contributed by atoms with Crippen LogP contribution in [0.3, 0.4) is 0 Å². The van der Waals surface area contributed by atoms with E-state index in [0.29, 0.717) is 6.42 Å². The molecule has 1 fully saturated rings. The summed E-state index contributed by atoms with van der Waals surface area (Å²) < 4.78 is 19.6. The van der Waals surface area contributed by atoms with Gasteiger partial charge in [0.05, 0.1) is 0 Å². The Balaban J connectivity index is 1.58. The standard InChI is InChI=1S/C27H45FO/c1-3-5-7-9-11-26(28)22-29-27-20-18-25(19-21-27)17-16-24-14-12-23(13-15-24)10-8-6-4-2/h18-21,23-24,26H,3-17,22H2,1-2H3/t23?,24?,26-/m1/s1. The minimum absolute atomic E-state index is 0.187. The maximum Gasteiger partial charge on any atom is 0.134 e. The fourth-order valence-electron chi connectivity index (χ4n) is 4.68. The van der Waals surface area contributed by atoms with Crippen LogP contribution in [0.15, 0.2) is 24.3 Å². The van der Waals surface area contributed by atoms with Crippen molar-refractivity contribution in [3.63, 3.8) is 0 Å². The summed E-state index contributed by atoms with van der Waals surface area (Å²) in [5, 5.41) is 0. The van der Waals surface area contributed by atoms with Crippen LogP contribution in [-0.2, 0) is 6.42 Å². The van der Waals surface area contributed by atoms with E-state index in [-0.39, 0.29) is 6.61 Å². The van der Waals surface area contributed by atoms with E-state index < -0.39 is 6.17 Å². The molecule has 2 heteroatoms.